The molecule has 0 bridgehead atoms. The lowest BCUT2D eigenvalue weighted by atomic mass is 10.1. The molecule has 0 spiro atoms. The number of amides is 1. The maximum atomic E-state index is 11.8. The normalized spacial score (nSPS) is 10.4. The van der Waals surface area contributed by atoms with E-state index in [4.69, 9.17) is 4.74 Å². The van der Waals surface area contributed by atoms with Gasteiger partial charge in [-0.2, -0.15) is 0 Å². The standard InChI is InChI=1S/C17H20N2O2/c1-13(2)9-17(20)19-15-6-3-7-16(10-15)21-12-14-5-4-8-18-11-14/h3-8,10-11,13H,9,12H2,1-2H3,(H,19,20). The van der Waals surface area contributed by atoms with Gasteiger partial charge in [-0.3, -0.25) is 9.78 Å². The van der Waals surface area contributed by atoms with Crippen molar-refractivity contribution in [3.05, 3.63) is 54.4 Å². The average Bonchev–Trinajstić information content (AvgIpc) is 2.46. The van der Waals surface area contributed by atoms with E-state index in [1.54, 1.807) is 12.4 Å². The highest BCUT2D eigenvalue weighted by Gasteiger charge is 2.06. The molecule has 1 aromatic heterocycles. The molecule has 0 atom stereocenters. The summed E-state index contributed by atoms with van der Waals surface area (Å²) in [6.45, 7) is 4.50. The van der Waals surface area contributed by atoms with Gasteiger partial charge in [-0.15, -0.1) is 0 Å². The lowest BCUT2D eigenvalue weighted by Crippen LogP contribution is -2.13. The first-order valence-corrected chi connectivity index (χ1v) is 7.05. The van der Waals surface area contributed by atoms with Gasteiger partial charge in [0, 0.05) is 36.1 Å². The monoisotopic (exact) mass is 284 g/mol. The summed E-state index contributed by atoms with van der Waals surface area (Å²) < 4.78 is 5.70. The maximum Gasteiger partial charge on any atom is 0.224 e. The number of pyridine rings is 1. The Bertz CT molecular complexity index is 582. The van der Waals surface area contributed by atoms with Crippen LogP contribution in [-0.4, -0.2) is 10.9 Å². The van der Waals surface area contributed by atoms with E-state index in [0.29, 0.717) is 18.9 Å². The van der Waals surface area contributed by atoms with Crippen LogP contribution >= 0.6 is 0 Å². The number of hydrogen-bond acceptors (Lipinski definition) is 3. The number of rotatable bonds is 6. The van der Waals surface area contributed by atoms with Gasteiger partial charge >= 0.3 is 0 Å². The van der Waals surface area contributed by atoms with Gasteiger partial charge in [0.15, 0.2) is 0 Å². The second-order valence-electron chi connectivity index (χ2n) is 5.32. The summed E-state index contributed by atoms with van der Waals surface area (Å²) in [5.41, 5.74) is 1.76. The number of hydrogen-bond donors (Lipinski definition) is 1. The van der Waals surface area contributed by atoms with E-state index in [0.717, 1.165) is 17.0 Å². The van der Waals surface area contributed by atoms with Gasteiger partial charge in [-0.1, -0.05) is 26.0 Å². The largest absolute Gasteiger partial charge is 0.489 e. The summed E-state index contributed by atoms with van der Waals surface area (Å²) in [6, 6.07) is 11.3. The molecule has 4 heteroatoms. The van der Waals surface area contributed by atoms with Crippen molar-refractivity contribution in [2.24, 2.45) is 5.92 Å². The van der Waals surface area contributed by atoms with E-state index >= 15 is 0 Å². The molecule has 0 saturated heterocycles. The van der Waals surface area contributed by atoms with Crippen molar-refractivity contribution in [2.75, 3.05) is 5.32 Å². The predicted octanol–water partition coefficient (Wildman–Crippen LogP) is 3.65. The molecule has 0 unspecified atom stereocenters. The summed E-state index contributed by atoms with van der Waals surface area (Å²) in [6.07, 6.45) is 4.02. The molecule has 0 aliphatic heterocycles. The van der Waals surface area contributed by atoms with Gasteiger partial charge in [-0.25, -0.2) is 0 Å². The van der Waals surface area contributed by atoms with Gasteiger partial charge in [0.1, 0.15) is 12.4 Å². The third-order valence-corrected chi connectivity index (χ3v) is 2.84. The van der Waals surface area contributed by atoms with Crippen LogP contribution in [0.3, 0.4) is 0 Å². The molecular formula is C17H20N2O2. The highest BCUT2D eigenvalue weighted by Crippen LogP contribution is 2.19. The smallest absolute Gasteiger partial charge is 0.224 e. The molecule has 1 aromatic carbocycles. The number of nitrogens with zero attached hydrogens (tertiary/aromatic N) is 1. The Kier molecular flexibility index (Phi) is 5.32. The Labute approximate surface area is 125 Å². The van der Waals surface area contributed by atoms with Crippen molar-refractivity contribution in [2.45, 2.75) is 26.9 Å². The molecule has 0 aliphatic carbocycles. The van der Waals surface area contributed by atoms with Crippen LogP contribution in [-0.2, 0) is 11.4 Å². The molecule has 0 radical (unpaired) electrons. The van der Waals surface area contributed by atoms with Crippen LogP contribution < -0.4 is 10.1 Å². The fourth-order valence-corrected chi connectivity index (χ4v) is 1.90. The fraction of sp³-hybridized carbons (Fsp3) is 0.294. The topological polar surface area (TPSA) is 51.2 Å². The number of benzene rings is 1. The van der Waals surface area contributed by atoms with Crippen LogP contribution in [0.4, 0.5) is 5.69 Å². The van der Waals surface area contributed by atoms with E-state index in [2.05, 4.69) is 10.3 Å². The Balaban J connectivity index is 1.93. The number of ether oxygens (including phenoxy) is 1. The number of aromatic nitrogens is 1. The van der Waals surface area contributed by atoms with Gasteiger partial charge in [-0.05, 0) is 24.1 Å². The van der Waals surface area contributed by atoms with Gasteiger partial charge < -0.3 is 10.1 Å². The van der Waals surface area contributed by atoms with Gasteiger partial charge in [0.2, 0.25) is 5.91 Å². The Morgan fingerprint density at radius 2 is 2.14 bits per heavy atom. The second kappa shape index (κ2) is 7.43. The highest BCUT2D eigenvalue weighted by atomic mass is 16.5. The molecule has 0 aliphatic rings. The number of carbonyl (C=O) groups is 1. The Hall–Kier alpha value is -2.36. The van der Waals surface area contributed by atoms with E-state index in [-0.39, 0.29) is 5.91 Å². The Morgan fingerprint density at radius 3 is 2.86 bits per heavy atom. The zero-order chi connectivity index (χ0) is 15.1. The number of carbonyl (C=O) groups excluding carboxylic acids is 1. The summed E-state index contributed by atoms with van der Waals surface area (Å²) in [5, 5.41) is 2.88. The van der Waals surface area contributed by atoms with E-state index < -0.39 is 0 Å². The molecule has 0 saturated carbocycles. The SMILES string of the molecule is CC(C)CC(=O)Nc1cccc(OCc2cccnc2)c1. The molecule has 4 nitrogen and oxygen atoms in total. The number of nitrogens with one attached hydrogen (secondary N) is 1. The summed E-state index contributed by atoms with van der Waals surface area (Å²) in [4.78, 5) is 15.8. The van der Waals surface area contributed by atoms with Crippen LogP contribution in [0.25, 0.3) is 0 Å². The molecule has 1 heterocycles. The van der Waals surface area contributed by atoms with Crippen LogP contribution in [0.15, 0.2) is 48.8 Å². The third-order valence-electron chi connectivity index (χ3n) is 2.84. The fourth-order valence-electron chi connectivity index (χ4n) is 1.90. The van der Waals surface area contributed by atoms with E-state index in [1.807, 2.05) is 50.2 Å². The van der Waals surface area contributed by atoms with Crippen molar-refractivity contribution < 1.29 is 9.53 Å². The van der Waals surface area contributed by atoms with Crippen molar-refractivity contribution >= 4 is 11.6 Å². The van der Waals surface area contributed by atoms with Crippen molar-refractivity contribution in [3.8, 4) is 5.75 Å². The summed E-state index contributed by atoms with van der Waals surface area (Å²) in [5.74, 6) is 1.09. The predicted molar refractivity (Wildman–Crippen MR) is 83.1 cm³/mol. The first-order valence-electron chi connectivity index (χ1n) is 7.05. The third kappa shape index (κ3) is 5.26. The first kappa shape index (κ1) is 15.0. The van der Waals surface area contributed by atoms with Crippen LogP contribution in [0, 0.1) is 5.92 Å². The molecule has 110 valence electrons. The zero-order valence-electron chi connectivity index (χ0n) is 12.4. The van der Waals surface area contributed by atoms with Crippen LogP contribution in [0.5, 0.6) is 5.75 Å². The molecule has 1 amide bonds. The highest BCUT2D eigenvalue weighted by molar-refractivity contribution is 5.90. The average molecular weight is 284 g/mol. The van der Waals surface area contributed by atoms with Gasteiger partial charge in [0.05, 0.1) is 0 Å². The molecule has 2 rings (SSSR count). The minimum atomic E-state index is 0.0226. The molecular weight excluding hydrogens is 264 g/mol. The summed E-state index contributed by atoms with van der Waals surface area (Å²) in [7, 11) is 0. The first-order chi connectivity index (χ1) is 10.1. The second-order valence-corrected chi connectivity index (χ2v) is 5.32. The zero-order valence-corrected chi connectivity index (χ0v) is 12.4. The van der Waals surface area contributed by atoms with Crippen molar-refractivity contribution in [1.82, 2.24) is 4.98 Å². The molecule has 1 N–H and O–H groups in total. The van der Waals surface area contributed by atoms with Crippen LogP contribution in [0.2, 0.25) is 0 Å². The quantitative estimate of drug-likeness (QED) is 0.881. The molecule has 2 aromatic rings. The Morgan fingerprint density at radius 1 is 1.29 bits per heavy atom. The molecule has 0 fully saturated rings. The number of anilines is 1. The van der Waals surface area contributed by atoms with Crippen molar-refractivity contribution in [3.63, 3.8) is 0 Å². The maximum absolute atomic E-state index is 11.8. The molecule has 21 heavy (non-hydrogen) atoms. The minimum Gasteiger partial charge on any atom is -0.489 e. The van der Waals surface area contributed by atoms with Gasteiger partial charge in [0.25, 0.3) is 0 Å². The van der Waals surface area contributed by atoms with E-state index in [9.17, 15) is 4.79 Å². The van der Waals surface area contributed by atoms with E-state index in [1.165, 1.54) is 0 Å². The lowest BCUT2D eigenvalue weighted by Gasteiger charge is -2.10. The van der Waals surface area contributed by atoms with Crippen molar-refractivity contribution in [1.29, 1.82) is 0 Å². The lowest BCUT2D eigenvalue weighted by molar-refractivity contribution is -0.116. The minimum absolute atomic E-state index is 0.0226. The van der Waals surface area contributed by atoms with Crippen LogP contribution in [0.1, 0.15) is 25.8 Å². The summed E-state index contributed by atoms with van der Waals surface area (Å²) >= 11 is 0.